The first kappa shape index (κ1) is 29.8. The van der Waals surface area contributed by atoms with Gasteiger partial charge in [-0.05, 0) is 67.7 Å². The molecule has 0 radical (unpaired) electrons. The summed E-state index contributed by atoms with van der Waals surface area (Å²) in [4.78, 5) is 34.6. The van der Waals surface area contributed by atoms with Crippen LogP contribution in [0, 0.1) is 11.8 Å². The van der Waals surface area contributed by atoms with Crippen LogP contribution in [0.25, 0.3) is 5.65 Å². The lowest BCUT2D eigenvalue weighted by atomic mass is 9.81. The van der Waals surface area contributed by atoms with Crippen LogP contribution in [0.3, 0.4) is 0 Å². The summed E-state index contributed by atoms with van der Waals surface area (Å²) in [6, 6.07) is 5.69. The highest BCUT2D eigenvalue weighted by Gasteiger charge is 2.40. The van der Waals surface area contributed by atoms with Crippen LogP contribution in [0.5, 0.6) is 0 Å². The number of carbonyl (C=O) groups excluding carboxylic acids is 2. The molecule has 0 aliphatic heterocycles. The highest BCUT2D eigenvalue weighted by molar-refractivity contribution is 5.92. The first-order chi connectivity index (χ1) is 19.9. The molecule has 2 saturated carbocycles. The molecule has 5 rings (SSSR count). The molecule has 0 aromatic carbocycles. The molecule has 2 amide bonds. The third-order valence-electron chi connectivity index (χ3n) is 8.00. The number of aromatic nitrogens is 4. The molecular weight excluding hydrogens is 559 g/mol. The molecule has 2 fully saturated rings. The zero-order chi connectivity index (χ0) is 30.1. The lowest BCUT2D eigenvalue weighted by Crippen LogP contribution is -2.37. The van der Waals surface area contributed by atoms with Gasteiger partial charge < -0.3 is 10.6 Å². The minimum absolute atomic E-state index is 0.0841. The molecular formula is C29H33F5N6O2. The Labute approximate surface area is 239 Å². The van der Waals surface area contributed by atoms with E-state index in [2.05, 4.69) is 20.7 Å². The van der Waals surface area contributed by atoms with Crippen LogP contribution in [-0.2, 0) is 11.2 Å². The van der Waals surface area contributed by atoms with Gasteiger partial charge in [-0.15, -0.1) is 0 Å². The van der Waals surface area contributed by atoms with Crippen molar-refractivity contribution in [2.45, 2.75) is 88.9 Å². The first-order valence-corrected chi connectivity index (χ1v) is 14.3. The van der Waals surface area contributed by atoms with Crippen molar-refractivity contribution in [1.29, 1.82) is 0 Å². The van der Waals surface area contributed by atoms with Crippen molar-refractivity contribution in [2.75, 3.05) is 0 Å². The molecule has 0 saturated heterocycles. The average molecular weight is 593 g/mol. The summed E-state index contributed by atoms with van der Waals surface area (Å²) < 4.78 is 67.3. The van der Waals surface area contributed by atoms with E-state index < -0.39 is 48.8 Å². The lowest BCUT2D eigenvalue weighted by molar-refractivity contribution is -0.144. The van der Waals surface area contributed by atoms with E-state index >= 15 is 0 Å². The van der Waals surface area contributed by atoms with E-state index in [1.54, 1.807) is 30.6 Å². The molecule has 3 heterocycles. The van der Waals surface area contributed by atoms with Gasteiger partial charge in [0.15, 0.2) is 5.65 Å². The number of hydrogen-bond donors (Lipinski definition) is 2. The smallest absolute Gasteiger partial charge is 0.349 e. The standard InChI is InChI=1S/C29H33F5N6O2/c1-2-20-4-3-5-21(36-20)27(42)39-26(18-8-11-28(30,31)12-9-18)22-16-40-23(37-22)14-19(15-35-40)25(17-6-7-17)38-24(41)10-13-29(32,33)34/h3-5,14-18,25-26H,2,6-13H2,1H3,(H,38,41)(H,39,42)/t25?,26-/m0/s1. The van der Waals surface area contributed by atoms with Gasteiger partial charge >= 0.3 is 6.18 Å². The second-order valence-corrected chi connectivity index (χ2v) is 11.3. The van der Waals surface area contributed by atoms with Crippen LogP contribution >= 0.6 is 0 Å². The Bertz CT molecular complexity index is 1430. The number of pyridine rings is 1. The Morgan fingerprint density at radius 1 is 1.05 bits per heavy atom. The molecule has 3 aromatic heterocycles. The zero-order valence-electron chi connectivity index (χ0n) is 23.1. The molecule has 2 N–H and O–H groups in total. The highest BCUT2D eigenvalue weighted by atomic mass is 19.4. The molecule has 226 valence electrons. The minimum atomic E-state index is -4.42. The number of rotatable bonds is 10. The first-order valence-electron chi connectivity index (χ1n) is 14.3. The Hall–Kier alpha value is -3.64. The van der Waals surface area contributed by atoms with E-state index in [4.69, 9.17) is 4.98 Å². The van der Waals surface area contributed by atoms with E-state index in [1.807, 2.05) is 13.0 Å². The summed E-state index contributed by atoms with van der Waals surface area (Å²) in [6.45, 7) is 1.93. The Morgan fingerprint density at radius 3 is 2.43 bits per heavy atom. The van der Waals surface area contributed by atoms with Gasteiger partial charge in [0.1, 0.15) is 5.69 Å². The lowest BCUT2D eigenvalue weighted by Gasteiger charge is -2.33. The molecule has 8 nitrogen and oxygen atoms in total. The molecule has 2 aliphatic carbocycles. The second kappa shape index (κ2) is 11.9. The summed E-state index contributed by atoms with van der Waals surface area (Å²) in [5.74, 6) is -4.08. The molecule has 0 spiro atoms. The quantitative estimate of drug-likeness (QED) is 0.286. The number of imidazole rings is 1. The Balaban J connectivity index is 1.40. The van der Waals surface area contributed by atoms with Crippen molar-refractivity contribution in [3.63, 3.8) is 0 Å². The normalized spacial score (nSPS) is 18.9. The van der Waals surface area contributed by atoms with Crippen LogP contribution < -0.4 is 10.6 Å². The molecule has 42 heavy (non-hydrogen) atoms. The van der Waals surface area contributed by atoms with Crippen LogP contribution in [0.4, 0.5) is 22.0 Å². The van der Waals surface area contributed by atoms with E-state index in [0.717, 1.165) is 18.5 Å². The van der Waals surface area contributed by atoms with Gasteiger partial charge in [0.05, 0.1) is 36.6 Å². The van der Waals surface area contributed by atoms with Gasteiger partial charge in [-0.25, -0.2) is 23.3 Å². The summed E-state index contributed by atoms with van der Waals surface area (Å²) in [5, 5.41) is 10.1. The van der Waals surface area contributed by atoms with Crippen molar-refractivity contribution >= 4 is 17.5 Å². The fraction of sp³-hybridized carbons (Fsp3) is 0.552. The molecule has 0 bridgehead atoms. The number of fused-ring (bicyclic) bond motifs is 1. The largest absolute Gasteiger partial charge is 0.389 e. The predicted octanol–water partition coefficient (Wildman–Crippen LogP) is 5.89. The zero-order valence-corrected chi connectivity index (χ0v) is 23.1. The number of amides is 2. The van der Waals surface area contributed by atoms with Gasteiger partial charge in [0.25, 0.3) is 5.91 Å². The third-order valence-corrected chi connectivity index (χ3v) is 8.00. The number of halogens is 5. The number of alkyl halides is 5. The van der Waals surface area contributed by atoms with Gasteiger partial charge in [-0.1, -0.05) is 13.0 Å². The summed E-state index contributed by atoms with van der Waals surface area (Å²) in [6.07, 6.45) is -1.00. The van der Waals surface area contributed by atoms with Gasteiger partial charge in [-0.2, -0.15) is 18.3 Å². The average Bonchev–Trinajstić information content (AvgIpc) is 3.71. The summed E-state index contributed by atoms with van der Waals surface area (Å²) in [7, 11) is 0. The monoisotopic (exact) mass is 592 g/mol. The van der Waals surface area contributed by atoms with Crippen molar-refractivity contribution in [3.05, 3.63) is 59.3 Å². The number of nitrogens with zero attached hydrogens (tertiary/aromatic N) is 4. The van der Waals surface area contributed by atoms with E-state index in [1.165, 1.54) is 4.52 Å². The van der Waals surface area contributed by atoms with Gasteiger partial charge in [0.2, 0.25) is 11.8 Å². The number of aryl methyl sites for hydroxylation is 1. The molecule has 2 atom stereocenters. The van der Waals surface area contributed by atoms with Crippen molar-refractivity contribution < 1.29 is 31.5 Å². The van der Waals surface area contributed by atoms with Gasteiger partial charge in [0, 0.05) is 25.0 Å². The second-order valence-electron chi connectivity index (χ2n) is 11.3. The predicted molar refractivity (Wildman–Crippen MR) is 143 cm³/mol. The maximum Gasteiger partial charge on any atom is 0.389 e. The van der Waals surface area contributed by atoms with Crippen molar-refractivity contribution in [2.24, 2.45) is 11.8 Å². The van der Waals surface area contributed by atoms with E-state index in [0.29, 0.717) is 23.3 Å². The highest BCUT2D eigenvalue weighted by Crippen LogP contribution is 2.43. The third kappa shape index (κ3) is 7.40. The van der Waals surface area contributed by atoms with Crippen LogP contribution in [0.2, 0.25) is 0 Å². The summed E-state index contributed by atoms with van der Waals surface area (Å²) >= 11 is 0. The fourth-order valence-corrected chi connectivity index (χ4v) is 5.48. The Kier molecular flexibility index (Phi) is 8.47. The fourth-order valence-electron chi connectivity index (χ4n) is 5.48. The topological polar surface area (TPSA) is 101 Å². The maximum atomic E-state index is 14.0. The molecule has 13 heteroatoms. The number of carbonyl (C=O) groups is 2. The Morgan fingerprint density at radius 2 is 1.76 bits per heavy atom. The maximum absolute atomic E-state index is 14.0. The SMILES string of the molecule is CCc1cccc(C(=O)N[C@H](c2cn3ncc(C(NC(=O)CCC(F)(F)F)C4CC4)cc3n2)C2CCC(F)(F)CC2)n1. The minimum Gasteiger partial charge on any atom is -0.349 e. The molecule has 2 aliphatic rings. The van der Waals surface area contributed by atoms with Crippen molar-refractivity contribution in [1.82, 2.24) is 30.2 Å². The van der Waals surface area contributed by atoms with Crippen LogP contribution in [-0.4, -0.2) is 43.5 Å². The molecule has 1 unspecified atom stereocenters. The van der Waals surface area contributed by atoms with E-state index in [9.17, 15) is 31.5 Å². The van der Waals surface area contributed by atoms with Crippen molar-refractivity contribution in [3.8, 4) is 0 Å². The van der Waals surface area contributed by atoms with E-state index in [-0.39, 0.29) is 43.2 Å². The number of hydrogen-bond acceptors (Lipinski definition) is 5. The summed E-state index contributed by atoms with van der Waals surface area (Å²) in [5.41, 5.74) is 2.44. The van der Waals surface area contributed by atoms with Crippen LogP contribution in [0.15, 0.2) is 36.7 Å². The van der Waals surface area contributed by atoms with Crippen LogP contribution in [0.1, 0.15) is 97.8 Å². The van der Waals surface area contributed by atoms with Gasteiger partial charge in [-0.3, -0.25) is 9.59 Å². The molecule has 3 aromatic rings. The number of nitrogens with one attached hydrogen (secondary N) is 2.